The molecule has 0 saturated carbocycles. The summed E-state index contributed by atoms with van der Waals surface area (Å²) in [5.41, 5.74) is 3.71. The molecule has 3 aromatic carbocycles. The van der Waals surface area contributed by atoms with E-state index in [1.165, 1.54) is 0 Å². The molecule has 0 N–H and O–H groups in total. The third-order valence-corrected chi connectivity index (χ3v) is 4.71. The van der Waals surface area contributed by atoms with Gasteiger partial charge in [0.25, 0.3) is 0 Å². The van der Waals surface area contributed by atoms with Gasteiger partial charge < -0.3 is 9.15 Å². The highest BCUT2D eigenvalue weighted by molar-refractivity contribution is 6.23. The highest BCUT2D eigenvalue weighted by atomic mass is 16.5. The van der Waals surface area contributed by atoms with Crippen LogP contribution in [0.2, 0.25) is 0 Å². The molecule has 3 heterocycles. The standard InChI is InChI=1S/C21H11NO2/c1-2-7-15-12(5-1)19-13-6-3-8-16-20(13)14(11-18(19)23-15)21-17(24-16)9-4-10-22-21/h1-11H. The largest absolute Gasteiger partial charge is 0.456 e. The van der Waals surface area contributed by atoms with Gasteiger partial charge in [0.05, 0.1) is 0 Å². The Morgan fingerprint density at radius 1 is 0.708 bits per heavy atom. The minimum atomic E-state index is 0.785. The Hall–Kier alpha value is -3.33. The molecule has 0 radical (unpaired) electrons. The lowest BCUT2D eigenvalue weighted by Crippen LogP contribution is -1.98. The summed E-state index contributed by atoms with van der Waals surface area (Å²) >= 11 is 0. The van der Waals surface area contributed by atoms with Crippen molar-refractivity contribution in [3.63, 3.8) is 0 Å². The van der Waals surface area contributed by atoms with E-state index in [-0.39, 0.29) is 0 Å². The minimum absolute atomic E-state index is 0.785. The molecule has 0 amide bonds. The van der Waals surface area contributed by atoms with Crippen molar-refractivity contribution in [2.45, 2.75) is 0 Å². The van der Waals surface area contributed by atoms with Gasteiger partial charge in [0.2, 0.25) is 0 Å². The van der Waals surface area contributed by atoms with Gasteiger partial charge in [0, 0.05) is 27.9 Å². The van der Waals surface area contributed by atoms with E-state index in [0.29, 0.717) is 0 Å². The van der Waals surface area contributed by atoms with Gasteiger partial charge in [-0.1, -0.05) is 30.3 Å². The van der Waals surface area contributed by atoms with E-state index < -0.39 is 0 Å². The molecule has 0 bridgehead atoms. The van der Waals surface area contributed by atoms with Crippen LogP contribution in [0.1, 0.15) is 0 Å². The SMILES string of the molecule is c1cnc2c(c1)Oc1cccc3c1c-2cc1oc2ccccc2c13. The Morgan fingerprint density at radius 3 is 2.58 bits per heavy atom. The summed E-state index contributed by atoms with van der Waals surface area (Å²) in [5, 5.41) is 4.50. The van der Waals surface area contributed by atoms with E-state index in [1.54, 1.807) is 6.20 Å². The summed E-state index contributed by atoms with van der Waals surface area (Å²) in [6.45, 7) is 0. The lowest BCUT2D eigenvalue weighted by atomic mass is 9.95. The van der Waals surface area contributed by atoms with E-state index >= 15 is 0 Å². The maximum atomic E-state index is 6.11. The Bertz CT molecular complexity index is 1280. The monoisotopic (exact) mass is 309 g/mol. The smallest absolute Gasteiger partial charge is 0.153 e. The summed E-state index contributed by atoms with van der Waals surface area (Å²) in [5.74, 6) is 1.66. The number of hydrogen-bond donors (Lipinski definition) is 0. The molecule has 0 saturated heterocycles. The van der Waals surface area contributed by atoms with Crippen molar-refractivity contribution in [3.8, 4) is 22.8 Å². The zero-order chi connectivity index (χ0) is 15.7. The Balaban J connectivity index is 1.91. The first kappa shape index (κ1) is 12.1. The molecule has 0 atom stereocenters. The normalized spacial score (nSPS) is 12.5. The first-order valence-corrected chi connectivity index (χ1v) is 7.90. The number of aromatic nitrogens is 1. The first-order valence-electron chi connectivity index (χ1n) is 7.90. The maximum absolute atomic E-state index is 6.11. The molecule has 24 heavy (non-hydrogen) atoms. The van der Waals surface area contributed by atoms with Gasteiger partial charge >= 0.3 is 0 Å². The fourth-order valence-corrected chi connectivity index (χ4v) is 3.73. The number of benzene rings is 3. The van der Waals surface area contributed by atoms with Crippen LogP contribution in [-0.4, -0.2) is 4.98 Å². The molecule has 0 spiro atoms. The first-order chi connectivity index (χ1) is 11.9. The van der Waals surface area contributed by atoms with Gasteiger partial charge in [-0.3, -0.25) is 4.98 Å². The number of hydrogen-bond acceptors (Lipinski definition) is 3. The van der Waals surface area contributed by atoms with Gasteiger partial charge in [-0.05, 0) is 35.7 Å². The van der Waals surface area contributed by atoms with E-state index in [2.05, 4.69) is 23.2 Å². The quantitative estimate of drug-likeness (QED) is 0.350. The summed E-state index contributed by atoms with van der Waals surface area (Å²) in [6, 6.07) is 20.3. The molecule has 0 fully saturated rings. The van der Waals surface area contributed by atoms with Crippen molar-refractivity contribution >= 4 is 32.7 Å². The zero-order valence-corrected chi connectivity index (χ0v) is 12.6. The van der Waals surface area contributed by atoms with E-state index in [4.69, 9.17) is 9.15 Å². The summed E-state index contributed by atoms with van der Waals surface area (Å²) in [4.78, 5) is 4.54. The Morgan fingerprint density at radius 2 is 1.58 bits per heavy atom. The van der Waals surface area contributed by atoms with Crippen molar-refractivity contribution in [1.82, 2.24) is 4.98 Å². The molecule has 0 unspecified atom stereocenters. The molecule has 3 heteroatoms. The summed E-state index contributed by atoms with van der Waals surface area (Å²) < 4.78 is 12.2. The molecule has 1 aliphatic rings. The van der Waals surface area contributed by atoms with Crippen LogP contribution in [0, 0.1) is 0 Å². The third-order valence-electron chi connectivity index (χ3n) is 4.71. The second-order valence-electron chi connectivity index (χ2n) is 6.03. The van der Waals surface area contributed by atoms with Gasteiger partial charge in [-0.25, -0.2) is 0 Å². The van der Waals surface area contributed by atoms with Gasteiger partial charge in [0.15, 0.2) is 5.75 Å². The number of furan rings is 1. The van der Waals surface area contributed by atoms with Crippen LogP contribution >= 0.6 is 0 Å². The lowest BCUT2D eigenvalue weighted by Gasteiger charge is -2.20. The third kappa shape index (κ3) is 1.39. The van der Waals surface area contributed by atoms with Crippen LogP contribution < -0.4 is 4.74 Å². The van der Waals surface area contributed by atoms with Crippen molar-refractivity contribution in [2.24, 2.45) is 0 Å². The summed E-state index contributed by atoms with van der Waals surface area (Å²) in [7, 11) is 0. The van der Waals surface area contributed by atoms with Crippen molar-refractivity contribution in [2.75, 3.05) is 0 Å². The second-order valence-corrected chi connectivity index (χ2v) is 6.03. The fourth-order valence-electron chi connectivity index (χ4n) is 3.73. The zero-order valence-electron chi connectivity index (χ0n) is 12.6. The van der Waals surface area contributed by atoms with Crippen LogP contribution in [-0.2, 0) is 0 Å². The van der Waals surface area contributed by atoms with Gasteiger partial charge in [-0.15, -0.1) is 0 Å². The van der Waals surface area contributed by atoms with Crippen LogP contribution in [0.4, 0.5) is 0 Å². The highest BCUT2D eigenvalue weighted by Crippen LogP contribution is 2.48. The van der Waals surface area contributed by atoms with E-state index in [1.807, 2.05) is 42.5 Å². The highest BCUT2D eigenvalue weighted by Gasteiger charge is 2.24. The molecule has 2 aromatic heterocycles. The fraction of sp³-hybridized carbons (Fsp3) is 0. The predicted octanol–water partition coefficient (Wildman–Crippen LogP) is 5.91. The van der Waals surface area contributed by atoms with Crippen molar-refractivity contribution in [3.05, 3.63) is 66.9 Å². The molecular formula is C21H11NO2. The van der Waals surface area contributed by atoms with E-state index in [9.17, 15) is 0 Å². The number of pyridine rings is 1. The molecule has 3 nitrogen and oxygen atoms in total. The number of para-hydroxylation sites is 1. The molecule has 0 aliphatic carbocycles. The number of nitrogens with zero attached hydrogens (tertiary/aromatic N) is 1. The number of ether oxygens (including phenoxy) is 1. The van der Waals surface area contributed by atoms with Crippen LogP contribution in [0.5, 0.6) is 11.5 Å². The predicted molar refractivity (Wildman–Crippen MR) is 94.5 cm³/mol. The maximum Gasteiger partial charge on any atom is 0.153 e. The molecule has 6 rings (SSSR count). The van der Waals surface area contributed by atoms with Gasteiger partial charge in [0.1, 0.15) is 22.6 Å². The number of rotatable bonds is 0. The lowest BCUT2D eigenvalue weighted by molar-refractivity contribution is 0.484. The molecule has 5 aromatic rings. The van der Waals surface area contributed by atoms with Crippen LogP contribution in [0.15, 0.2) is 71.3 Å². The average Bonchev–Trinajstić information content (AvgIpc) is 3.00. The molecular weight excluding hydrogens is 298 g/mol. The minimum Gasteiger partial charge on any atom is -0.456 e. The topological polar surface area (TPSA) is 35.3 Å². The van der Waals surface area contributed by atoms with Gasteiger partial charge in [-0.2, -0.15) is 0 Å². The summed E-state index contributed by atoms with van der Waals surface area (Å²) in [6.07, 6.45) is 1.80. The average molecular weight is 309 g/mol. The van der Waals surface area contributed by atoms with E-state index in [0.717, 1.165) is 55.5 Å². The van der Waals surface area contributed by atoms with Crippen LogP contribution in [0.25, 0.3) is 44.0 Å². The second kappa shape index (κ2) is 4.15. The van der Waals surface area contributed by atoms with Crippen LogP contribution in [0.3, 0.4) is 0 Å². The number of fused-ring (bicyclic) bond motifs is 6. The molecule has 112 valence electrons. The Kier molecular flexibility index (Phi) is 2.10. The van der Waals surface area contributed by atoms with Crippen molar-refractivity contribution < 1.29 is 9.15 Å². The Labute approximate surface area is 137 Å². The molecule has 1 aliphatic heterocycles. The van der Waals surface area contributed by atoms with Crippen molar-refractivity contribution in [1.29, 1.82) is 0 Å².